The predicted octanol–water partition coefficient (Wildman–Crippen LogP) is 0.274. The number of carbonyl (C=O) groups excluding carboxylic acids is 1. The second-order valence-corrected chi connectivity index (χ2v) is 3.67. The van der Waals surface area contributed by atoms with E-state index in [1.807, 2.05) is 0 Å². The van der Waals surface area contributed by atoms with Crippen molar-refractivity contribution in [1.29, 1.82) is 0 Å². The molecule has 6 heteroatoms. The lowest BCUT2D eigenvalue weighted by Crippen LogP contribution is -2.34. The molecule has 0 saturated heterocycles. The summed E-state index contributed by atoms with van der Waals surface area (Å²) in [6.45, 7) is 1.69. The first kappa shape index (κ1) is 11.1. The molecule has 2 rings (SSSR count). The zero-order valence-corrected chi connectivity index (χ0v) is 9.54. The van der Waals surface area contributed by atoms with Crippen LogP contribution in [0, 0.1) is 6.92 Å². The molecule has 0 aliphatic heterocycles. The van der Waals surface area contributed by atoms with Crippen LogP contribution in [0.5, 0.6) is 0 Å². The number of nitrogens with zero attached hydrogens (tertiary/aromatic N) is 3. The highest BCUT2D eigenvalue weighted by Gasteiger charge is 2.11. The van der Waals surface area contributed by atoms with E-state index in [-0.39, 0.29) is 11.4 Å². The summed E-state index contributed by atoms with van der Waals surface area (Å²) in [6, 6.07) is 3.38. The van der Waals surface area contributed by atoms with E-state index in [4.69, 9.17) is 0 Å². The lowest BCUT2D eigenvalue weighted by atomic mass is 10.3. The van der Waals surface area contributed by atoms with Crippen LogP contribution < -0.4 is 11.0 Å². The summed E-state index contributed by atoms with van der Waals surface area (Å²) in [5.74, 6) is -0.177. The van der Waals surface area contributed by atoms with Gasteiger partial charge >= 0.3 is 5.91 Å². The van der Waals surface area contributed by atoms with Crippen molar-refractivity contribution >= 4 is 5.91 Å². The summed E-state index contributed by atoms with van der Waals surface area (Å²) in [6.07, 6.45) is 4.68. The van der Waals surface area contributed by atoms with E-state index >= 15 is 0 Å². The van der Waals surface area contributed by atoms with Gasteiger partial charge in [0.05, 0.1) is 0 Å². The van der Waals surface area contributed by atoms with Crippen LogP contribution in [0.25, 0.3) is 0 Å². The SMILES string of the molecule is Cc1cccn(NC(=O)c2nccn2C)c1=O. The molecule has 88 valence electrons. The summed E-state index contributed by atoms with van der Waals surface area (Å²) in [5, 5.41) is 0. The molecular formula is C11H12N4O2. The van der Waals surface area contributed by atoms with Crippen molar-refractivity contribution in [2.24, 2.45) is 7.05 Å². The molecular weight excluding hydrogens is 220 g/mol. The normalized spacial score (nSPS) is 10.2. The summed E-state index contributed by atoms with van der Waals surface area (Å²) in [5.41, 5.74) is 2.78. The van der Waals surface area contributed by atoms with Crippen molar-refractivity contribution in [2.75, 3.05) is 5.43 Å². The van der Waals surface area contributed by atoms with Crippen LogP contribution >= 0.6 is 0 Å². The molecule has 0 spiro atoms. The van der Waals surface area contributed by atoms with Gasteiger partial charge in [-0.05, 0) is 13.0 Å². The first-order valence-electron chi connectivity index (χ1n) is 5.06. The number of hydrogen-bond donors (Lipinski definition) is 1. The van der Waals surface area contributed by atoms with Gasteiger partial charge in [0.2, 0.25) is 0 Å². The third-order valence-corrected chi connectivity index (χ3v) is 2.38. The first-order valence-corrected chi connectivity index (χ1v) is 5.06. The number of carbonyl (C=O) groups is 1. The summed E-state index contributed by atoms with van der Waals surface area (Å²) >= 11 is 0. The number of imidazole rings is 1. The number of nitrogens with one attached hydrogen (secondary N) is 1. The molecule has 0 radical (unpaired) electrons. The predicted molar refractivity (Wildman–Crippen MR) is 62.3 cm³/mol. The number of amides is 1. The average molecular weight is 232 g/mol. The molecule has 2 heterocycles. The van der Waals surface area contributed by atoms with E-state index in [1.54, 1.807) is 36.9 Å². The van der Waals surface area contributed by atoms with Crippen LogP contribution in [0.15, 0.2) is 35.5 Å². The smallest absolute Gasteiger partial charge is 0.306 e. The van der Waals surface area contributed by atoms with Crippen molar-refractivity contribution in [3.05, 3.63) is 52.5 Å². The monoisotopic (exact) mass is 232 g/mol. The van der Waals surface area contributed by atoms with E-state index < -0.39 is 5.91 Å². The lowest BCUT2D eigenvalue weighted by Gasteiger charge is -2.08. The van der Waals surface area contributed by atoms with Crippen LogP contribution in [0.2, 0.25) is 0 Å². The fourth-order valence-electron chi connectivity index (χ4n) is 1.43. The highest BCUT2D eigenvalue weighted by Crippen LogP contribution is 1.95. The Labute approximate surface area is 97.5 Å². The van der Waals surface area contributed by atoms with Gasteiger partial charge in [-0.2, -0.15) is 0 Å². The van der Waals surface area contributed by atoms with Gasteiger partial charge in [0.15, 0.2) is 5.82 Å². The lowest BCUT2D eigenvalue weighted by molar-refractivity contribution is 0.0994. The fraction of sp³-hybridized carbons (Fsp3) is 0.182. The molecule has 0 aliphatic carbocycles. The molecule has 17 heavy (non-hydrogen) atoms. The second-order valence-electron chi connectivity index (χ2n) is 3.67. The Hall–Kier alpha value is -2.37. The maximum Gasteiger partial charge on any atom is 0.306 e. The van der Waals surface area contributed by atoms with E-state index in [0.29, 0.717) is 5.56 Å². The quantitative estimate of drug-likeness (QED) is 0.808. The summed E-state index contributed by atoms with van der Waals surface area (Å²) in [7, 11) is 1.71. The van der Waals surface area contributed by atoms with Gasteiger partial charge in [-0.15, -0.1) is 0 Å². The standard InChI is InChI=1S/C11H12N4O2/c1-8-4-3-6-15(11(8)17)13-10(16)9-12-5-7-14(9)2/h3-7H,1-2H3,(H,13,16). The van der Waals surface area contributed by atoms with Gasteiger partial charge in [0.25, 0.3) is 5.56 Å². The molecule has 0 fully saturated rings. The van der Waals surface area contributed by atoms with Crippen molar-refractivity contribution < 1.29 is 4.79 Å². The number of rotatable bonds is 2. The van der Waals surface area contributed by atoms with E-state index in [9.17, 15) is 9.59 Å². The van der Waals surface area contributed by atoms with Gasteiger partial charge in [0.1, 0.15) is 0 Å². The molecule has 0 aliphatic rings. The maximum absolute atomic E-state index is 11.8. The number of aromatic nitrogens is 3. The first-order chi connectivity index (χ1) is 8.09. The third kappa shape index (κ3) is 2.10. The van der Waals surface area contributed by atoms with E-state index in [1.165, 1.54) is 12.4 Å². The Morgan fingerprint density at radius 1 is 1.41 bits per heavy atom. The van der Waals surface area contributed by atoms with E-state index in [2.05, 4.69) is 10.4 Å². The van der Waals surface area contributed by atoms with Crippen LogP contribution in [-0.4, -0.2) is 20.1 Å². The minimum atomic E-state index is -0.426. The highest BCUT2D eigenvalue weighted by molar-refractivity contribution is 5.96. The van der Waals surface area contributed by atoms with Crippen LogP contribution in [0.3, 0.4) is 0 Å². The van der Waals surface area contributed by atoms with Gasteiger partial charge < -0.3 is 4.57 Å². The van der Waals surface area contributed by atoms with Crippen LogP contribution in [0.1, 0.15) is 16.2 Å². The summed E-state index contributed by atoms with van der Waals surface area (Å²) in [4.78, 5) is 27.4. The second kappa shape index (κ2) is 4.25. The number of hydrogen-bond acceptors (Lipinski definition) is 3. The highest BCUT2D eigenvalue weighted by atomic mass is 16.2. The Morgan fingerprint density at radius 2 is 2.18 bits per heavy atom. The van der Waals surface area contributed by atoms with Crippen LogP contribution in [-0.2, 0) is 7.05 Å². The fourth-order valence-corrected chi connectivity index (χ4v) is 1.43. The molecule has 2 aromatic heterocycles. The molecule has 2 aromatic rings. The van der Waals surface area contributed by atoms with Gasteiger partial charge in [0, 0.05) is 31.2 Å². The minimum absolute atomic E-state index is 0.249. The molecule has 0 atom stereocenters. The van der Waals surface area contributed by atoms with Gasteiger partial charge in [-0.3, -0.25) is 15.0 Å². The largest absolute Gasteiger partial charge is 0.330 e. The molecule has 0 unspecified atom stereocenters. The van der Waals surface area contributed by atoms with Crippen molar-refractivity contribution in [2.45, 2.75) is 6.92 Å². The Balaban J connectivity index is 2.28. The van der Waals surface area contributed by atoms with Gasteiger partial charge in [-0.25, -0.2) is 9.66 Å². The minimum Gasteiger partial charge on any atom is -0.330 e. The molecule has 0 saturated carbocycles. The van der Waals surface area contributed by atoms with Crippen molar-refractivity contribution in [3.63, 3.8) is 0 Å². The van der Waals surface area contributed by atoms with Crippen molar-refractivity contribution in [3.8, 4) is 0 Å². The van der Waals surface area contributed by atoms with Crippen molar-refractivity contribution in [1.82, 2.24) is 14.2 Å². The topological polar surface area (TPSA) is 68.9 Å². The zero-order valence-electron chi connectivity index (χ0n) is 9.54. The Morgan fingerprint density at radius 3 is 2.82 bits per heavy atom. The summed E-state index contributed by atoms with van der Waals surface area (Å²) < 4.78 is 2.72. The molecule has 1 N–H and O–H groups in total. The third-order valence-electron chi connectivity index (χ3n) is 2.38. The molecule has 6 nitrogen and oxygen atoms in total. The average Bonchev–Trinajstić information content (AvgIpc) is 2.71. The van der Waals surface area contributed by atoms with E-state index in [0.717, 1.165) is 4.68 Å². The molecule has 0 bridgehead atoms. The van der Waals surface area contributed by atoms with Crippen LogP contribution in [0.4, 0.5) is 0 Å². The van der Waals surface area contributed by atoms with Gasteiger partial charge in [-0.1, -0.05) is 6.07 Å². The zero-order chi connectivity index (χ0) is 12.4. The Kier molecular flexibility index (Phi) is 2.78. The number of pyridine rings is 1. The Bertz CT molecular complexity index is 612. The molecule has 1 amide bonds. The number of aryl methyl sites for hydroxylation is 2. The maximum atomic E-state index is 11.8. The molecule has 0 aromatic carbocycles.